The van der Waals surface area contributed by atoms with Crippen molar-refractivity contribution in [3.63, 3.8) is 0 Å². The van der Waals surface area contributed by atoms with Crippen molar-refractivity contribution in [2.45, 2.75) is 19.4 Å². The highest BCUT2D eigenvalue weighted by molar-refractivity contribution is 6.31. The van der Waals surface area contributed by atoms with Crippen LogP contribution in [0.25, 0.3) is 0 Å². The largest absolute Gasteiger partial charge is 0.291 e. The zero-order valence-corrected chi connectivity index (χ0v) is 5.66. The number of carbonyl (C=O) groups is 1. The Balaban J connectivity index is 2.63. The van der Waals surface area contributed by atoms with Crippen molar-refractivity contribution in [1.29, 1.82) is 0 Å². The maximum atomic E-state index is 10.8. The molecule has 0 fully saturated rings. The van der Waals surface area contributed by atoms with Gasteiger partial charge in [-0.05, 0) is 6.42 Å². The molecule has 1 unspecified atom stereocenters. The predicted octanol–water partition coefficient (Wildman–Crippen LogP) is 0.265. The van der Waals surface area contributed by atoms with E-state index < -0.39 is 0 Å². The Labute approximate surface area is 54.3 Å². The van der Waals surface area contributed by atoms with Gasteiger partial charge in [0.15, 0.2) is 5.78 Å². The highest BCUT2D eigenvalue weighted by Crippen LogP contribution is 2.07. The van der Waals surface area contributed by atoms with E-state index >= 15 is 0 Å². The fourth-order valence-corrected chi connectivity index (χ4v) is 0.964. The second-order valence-corrected chi connectivity index (χ2v) is 2.14. The molecule has 1 aliphatic rings. The van der Waals surface area contributed by atoms with E-state index in [0.717, 1.165) is 6.42 Å². The number of ketones is 1. The van der Waals surface area contributed by atoms with Crippen molar-refractivity contribution in [2.24, 2.45) is 5.10 Å². The Morgan fingerprint density at radius 2 is 2.56 bits per heavy atom. The molecule has 0 spiro atoms. The molecule has 0 aromatic heterocycles. The Bertz CT molecular complexity index is 153. The molecule has 0 amide bonds. The third kappa shape index (κ3) is 0.943. The van der Waals surface area contributed by atoms with Gasteiger partial charge in [0.25, 0.3) is 0 Å². The van der Waals surface area contributed by atoms with Gasteiger partial charge >= 0.3 is 0 Å². The monoisotopic (exact) mass is 126 g/mol. The standard InChI is InChI=1S/C6H10N2O/c1-3-5-6(9)4-7-8(5)2/h4-5H,3H2,1-2H3. The zero-order chi connectivity index (χ0) is 6.85. The molecule has 0 N–H and O–H groups in total. The Morgan fingerprint density at radius 1 is 1.89 bits per heavy atom. The second-order valence-electron chi connectivity index (χ2n) is 2.14. The lowest BCUT2D eigenvalue weighted by Crippen LogP contribution is -2.28. The lowest BCUT2D eigenvalue weighted by atomic mass is 10.1. The summed E-state index contributed by atoms with van der Waals surface area (Å²) >= 11 is 0. The SMILES string of the molecule is CCC1C(=O)C=NN1C. The average Bonchev–Trinajstić information content (AvgIpc) is 2.12. The van der Waals surface area contributed by atoms with E-state index in [2.05, 4.69) is 5.10 Å². The molecule has 0 radical (unpaired) electrons. The number of nitrogens with zero attached hydrogens (tertiary/aromatic N) is 2. The first-order valence-corrected chi connectivity index (χ1v) is 3.06. The molecule has 0 aromatic carbocycles. The second kappa shape index (κ2) is 2.17. The van der Waals surface area contributed by atoms with Crippen LogP contribution < -0.4 is 0 Å². The first kappa shape index (κ1) is 6.26. The number of Topliss-reactive ketones (excluding diaryl/α,β-unsaturated/α-hetero) is 1. The van der Waals surface area contributed by atoms with Crippen LogP contribution in [0.5, 0.6) is 0 Å². The van der Waals surface area contributed by atoms with Crippen LogP contribution in [0.4, 0.5) is 0 Å². The Hall–Kier alpha value is -0.860. The van der Waals surface area contributed by atoms with E-state index in [1.807, 2.05) is 14.0 Å². The number of carbonyl (C=O) groups excluding carboxylic acids is 1. The normalized spacial score (nSPS) is 25.8. The third-order valence-corrected chi connectivity index (χ3v) is 1.53. The van der Waals surface area contributed by atoms with Crippen LogP contribution in [0.3, 0.4) is 0 Å². The maximum absolute atomic E-state index is 10.8. The predicted molar refractivity (Wildman–Crippen MR) is 35.3 cm³/mol. The number of likely N-dealkylation sites (N-methyl/N-ethyl adjacent to an activating group) is 1. The molecule has 0 saturated carbocycles. The highest BCUT2D eigenvalue weighted by Gasteiger charge is 2.23. The van der Waals surface area contributed by atoms with Crippen LogP contribution in [0, 0.1) is 0 Å². The van der Waals surface area contributed by atoms with Gasteiger partial charge in [0.1, 0.15) is 6.04 Å². The molecule has 1 heterocycles. The summed E-state index contributed by atoms with van der Waals surface area (Å²) in [6.45, 7) is 1.98. The summed E-state index contributed by atoms with van der Waals surface area (Å²) in [5.74, 6) is 0.125. The molecule has 0 bridgehead atoms. The summed E-state index contributed by atoms with van der Waals surface area (Å²) in [7, 11) is 1.82. The molecular formula is C6H10N2O. The first-order valence-electron chi connectivity index (χ1n) is 3.06. The maximum Gasteiger partial charge on any atom is 0.199 e. The molecular weight excluding hydrogens is 116 g/mol. The molecule has 0 saturated heterocycles. The van der Waals surface area contributed by atoms with E-state index in [0.29, 0.717) is 0 Å². The lowest BCUT2D eigenvalue weighted by molar-refractivity contribution is -0.115. The summed E-state index contributed by atoms with van der Waals surface area (Å²) in [5.41, 5.74) is 0. The molecule has 0 aromatic rings. The van der Waals surface area contributed by atoms with Crippen LogP contribution in [-0.2, 0) is 4.79 Å². The Kier molecular flexibility index (Phi) is 1.51. The smallest absolute Gasteiger partial charge is 0.199 e. The van der Waals surface area contributed by atoms with Gasteiger partial charge in [0.05, 0.1) is 6.21 Å². The molecule has 3 nitrogen and oxygen atoms in total. The third-order valence-electron chi connectivity index (χ3n) is 1.53. The fourth-order valence-electron chi connectivity index (χ4n) is 0.964. The van der Waals surface area contributed by atoms with E-state index in [9.17, 15) is 4.79 Å². The summed E-state index contributed by atoms with van der Waals surface area (Å²) in [6.07, 6.45) is 2.23. The zero-order valence-electron chi connectivity index (χ0n) is 5.66. The average molecular weight is 126 g/mol. The van der Waals surface area contributed by atoms with Crippen LogP contribution in [0.15, 0.2) is 5.10 Å². The highest BCUT2D eigenvalue weighted by atomic mass is 16.1. The topological polar surface area (TPSA) is 32.7 Å². The minimum atomic E-state index is 0.00463. The molecule has 1 rings (SSSR count). The van der Waals surface area contributed by atoms with Crippen molar-refractivity contribution < 1.29 is 4.79 Å². The molecule has 50 valence electrons. The number of rotatable bonds is 1. The van der Waals surface area contributed by atoms with Crippen LogP contribution in [0.2, 0.25) is 0 Å². The molecule has 3 heteroatoms. The summed E-state index contributed by atoms with van der Waals surface area (Å²) < 4.78 is 0. The first-order chi connectivity index (χ1) is 4.25. The van der Waals surface area contributed by atoms with Crippen LogP contribution in [0.1, 0.15) is 13.3 Å². The van der Waals surface area contributed by atoms with Crippen molar-refractivity contribution in [3.8, 4) is 0 Å². The number of hydrazone groups is 1. The van der Waals surface area contributed by atoms with Gasteiger partial charge in [-0.2, -0.15) is 5.10 Å². The van der Waals surface area contributed by atoms with E-state index in [-0.39, 0.29) is 11.8 Å². The quantitative estimate of drug-likeness (QED) is 0.505. The lowest BCUT2D eigenvalue weighted by Gasteiger charge is -2.14. The van der Waals surface area contributed by atoms with Gasteiger partial charge in [-0.3, -0.25) is 9.80 Å². The minimum absolute atomic E-state index is 0.00463. The number of hydrogen-bond acceptors (Lipinski definition) is 3. The summed E-state index contributed by atoms with van der Waals surface area (Å²) in [4.78, 5) is 10.8. The van der Waals surface area contributed by atoms with Crippen molar-refractivity contribution in [1.82, 2.24) is 5.01 Å². The molecule has 1 aliphatic heterocycles. The van der Waals surface area contributed by atoms with Gasteiger partial charge in [0.2, 0.25) is 0 Å². The van der Waals surface area contributed by atoms with E-state index in [1.165, 1.54) is 6.21 Å². The van der Waals surface area contributed by atoms with E-state index in [1.54, 1.807) is 5.01 Å². The molecule has 9 heavy (non-hydrogen) atoms. The molecule has 0 aliphatic carbocycles. The van der Waals surface area contributed by atoms with Gasteiger partial charge in [-0.25, -0.2) is 0 Å². The number of hydrogen-bond donors (Lipinski definition) is 0. The van der Waals surface area contributed by atoms with Crippen LogP contribution >= 0.6 is 0 Å². The van der Waals surface area contributed by atoms with Crippen molar-refractivity contribution in [3.05, 3.63) is 0 Å². The van der Waals surface area contributed by atoms with E-state index in [4.69, 9.17) is 0 Å². The van der Waals surface area contributed by atoms with Gasteiger partial charge < -0.3 is 0 Å². The summed E-state index contributed by atoms with van der Waals surface area (Å²) in [5, 5.41) is 5.52. The summed E-state index contributed by atoms with van der Waals surface area (Å²) in [6, 6.07) is 0.00463. The molecule has 1 atom stereocenters. The van der Waals surface area contributed by atoms with Crippen LogP contribution in [-0.4, -0.2) is 30.1 Å². The Morgan fingerprint density at radius 3 is 2.78 bits per heavy atom. The van der Waals surface area contributed by atoms with Crippen molar-refractivity contribution in [2.75, 3.05) is 7.05 Å². The fraction of sp³-hybridized carbons (Fsp3) is 0.667. The van der Waals surface area contributed by atoms with Gasteiger partial charge in [-0.1, -0.05) is 6.92 Å². The van der Waals surface area contributed by atoms with Gasteiger partial charge in [0, 0.05) is 7.05 Å². The van der Waals surface area contributed by atoms with Gasteiger partial charge in [-0.15, -0.1) is 0 Å². The van der Waals surface area contributed by atoms with Crippen molar-refractivity contribution >= 4 is 12.0 Å². The minimum Gasteiger partial charge on any atom is -0.291 e.